The van der Waals surface area contributed by atoms with Gasteiger partial charge in [0, 0.05) is 0 Å². The highest BCUT2D eigenvalue weighted by molar-refractivity contribution is 5.81. The van der Waals surface area contributed by atoms with Crippen molar-refractivity contribution in [3.63, 3.8) is 0 Å². The molecule has 0 aliphatic carbocycles. The molecule has 0 aliphatic rings. The highest BCUT2D eigenvalue weighted by atomic mass is 16.5. The van der Waals surface area contributed by atoms with Crippen LogP contribution in [0.25, 0.3) is 11.1 Å². The van der Waals surface area contributed by atoms with Gasteiger partial charge in [0.25, 0.3) is 0 Å². The van der Waals surface area contributed by atoms with Crippen LogP contribution in [0.1, 0.15) is 71.3 Å². The predicted octanol–water partition coefficient (Wildman–Crippen LogP) is 7.10. The van der Waals surface area contributed by atoms with Crippen LogP contribution in [0.3, 0.4) is 0 Å². The summed E-state index contributed by atoms with van der Waals surface area (Å²) in [6, 6.07) is 18.2. The van der Waals surface area contributed by atoms with Gasteiger partial charge < -0.3 is 4.74 Å². The fourth-order valence-corrected chi connectivity index (χ4v) is 3.18. The average molecular weight is 392 g/mol. The summed E-state index contributed by atoms with van der Waals surface area (Å²) in [5.41, 5.74) is 2.49. The molecule has 0 spiro atoms. The van der Waals surface area contributed by atoms with Crippen LogP contribution >= 0.6 is 0 Å². The minimum atomic E-state index is -1.11. The fourth-order valence-electron chi connectivity index (χ4n) is 3.18. The standard InChI is InChI=1S/C26H33NO2/c1-4-6-7-8-9-10-11-21-12-14-22(15-13-21)23-16-18-24(19-17-23)29-25(28)26(3,5-2)20-27/h12-19H,4-11H2,1-3H3. The molecule has 0 saturated carbocycles. The molecule has 0 heterocycles. The first-order valence-corrected chi connectivity index (χ1v) is 10.9. The Balaban J connectivity index is 1.90. The van der Waals surface area contributed by atoms with Crippen LogP contribution in [-0.2, 0) is 11.2 Å². The topological polar surface area (TPSA) is 50.1 Å². The maximum Gasteiger partial charge on any atom is 0.331 e. The fraction of sp³-hybridized carbons (Fsp3) is 0.462. The minimum absolute atomic E-state index is 0.422. The Bertz CT molecular complexity index is 802. The second-order valence-electron chi connectivity index (χ2n) is 7.93. The molecule has 0 aromatic heterocycles. The molecule has 0 N–H and O–H groups in total. The Hall–Kier alpha value is -2.60. The number of hydrogen-bond donors (Lipinski definition) is 0. The molecule has 2 aromatic rings. The summed E-state index contributed by atoms with van der Waals surface area (Å²) in [7, 11) is 0. The molecule has 3 heteroatoms. The van der Waals surface area contributed by atoms with Crippen molar-refractivity contribution < 1.29 is 9.53 Å². The molecule has 3 nitrogen and oxygen atoms in total. The molecule has 2 rings (SSSR count). The van der Waals surface area contributed by atoms with Gasteiger partial charge in [-0.25, -0.2) is 4.79 Å². The first-order chi connectivity index (χ1) is 14.0. The van der Waals surface area contributed by atoms with Crippen molar-refractivity contribution in [3.05, 3.63) is 54.1 Å². The van der Waals surface area contributed by atoms with Gasteiger partial charge in [0.1, 0.15) is 5.75 Å². The summed E-state index contributed by atoms with van der Waals surface area (Å²) in [5.74, 6) is -0.0392. The number of nitrogens with zero attached hydrogens (tertiary/aromatic N) is 1. The largest absolute Gasteiger partial charge is 0.425 e. The van der Waals surface area contributed by atoms with Crippen LogP contribution in [0.2, 0.25) is 0 Å². The van der Waals surface area contributed by atoms with E-state index in [0.717, 1.165) is 17.5 Å². The van der Waals surface area contributed by atoms with E-state index in [1.165, 1.54) is 44.1 Å². The van der Waals surface area contributed by atoms with Crippen LogP contribution < -0.4 is 4.74 Å². The van der Waals surface area contributed by atoms with Gasteiger partial charge in [-0.05, 0) is 55.0 Å². The number of esters is 1. The van der Waals surface area contributed by atoms with E-state index in [4.69, 9.17) is 4.74 Å². The van der Waals surface area contributed by atoms with E-state index in [0.29, 0.717) is 12.2 Å². The van der Waals surface area contributed by atoms with Crippen molar-refractivity contribution in [1.82, 2.24) is 0 Å². The Morgan fingerprint density at radius 1 is 0.897 bits per heavy atom. The first kappa shape index (κ1) is 22.7. The number of rotatable bonds is 11. The van der Waals surface area contributed by atoms with E-state index in [9.17, 15) is 10.1 Å². The average Bonchev–Trinajstić information content (AvgIpc) is 2.76. The van der Waals surface area contributed by atoms with Crippen molar-refractivity contribution in [3.8, 4) is 22.9 Å². The molecular weight excluding hydrogens is 358 g/mol. The number of benzene rings is 2. The molecule has 1 atom stereocenters. The number of ether oxygens (including phenoxy) is 1. The van der Waals surface area contributed by atoms with Crippen molar-refractivity contribution >= 4 is 5.97 Å². The number of carbonyl (C=O) groups excluding carboxylic acids is 1. The predicted molar refractivity (Wildman–Crippen MR) is 119 cm³/mol. The quantitative estimate of drug-likeness (QED) is 0.233. The SMILES string of the molecule is CCCCCCCCc1ccc(-c2ccc(OC(=O)C(C)(C#N)CC)cc2)cc1. The maximum atomic E-state index is 12.2. The van der Waals surface area contributed by atoms with Gasteiger partial charge >= 0.3 is 5.97 Å². The highest BCUT2D eigenvalue weighted by Crippen LogP contribution is 2.26. The molecule has 29 heavy (non-hydrogen) atoms. The number of hydrogen-bond acceptors (Lipinski definition) is 3. The molecule has 2 aromatic carbocycles. The van der Waals surface area contributed by atoms with E-state index >= 15 is 0 Å². The van der Waals surface area contributed by atoms with E-state index in [-0.39, 0.29) is 0 Å². The monoisotopic (exact) mass is 391 g/mol. The summed E-state index contributed by atoms with van der Waals surface area (Å²) in [5, 5.41) is 9.20. The Morgan fingerprint density at radius 2 is 1.45 bits per heavy atom. The van der Waals surface area contributed by atoms with Crippen LogP contribution in [-0.4, -0.2) is 5.97 Å². The Kier molecular flexibility index (Phi) is 8.93. The third-order valence-electron chi connectivity index (χ3n) is 5.58. The summed E-state index contributed by atoms with van der Waals surface area (Å²) in [4.78, 5) is 12.2. The molecule has 0 radical (unpaired) electrons. The second-order valence-corrected chi connectivity index (χ2v) is 7.93. The first-order valence-electron chi connectivity index (χ1n) is 10.9. The van der Waals surface area contributed by atoms with Crippen LogP contribution in [0.15, 0.2) is 48.5 Å². The Morgan fingerprint density at radius 3 is 2.00 bits per heavy atom. The Labute approximate surface area is 175 Å². The molecule has 0 saturated heterocycles. The lowest BCUT2D eigenvalue weighted by Crippen LogP contribution is -2.29. The number of unbranched alkanes of at least 4 members (excludes halogenated alkanes) is 5. The summed E-state index contributed by atoms with van der Waals surface area (Å²) in [6.07, 6.45) is 9.46. The van der Waals surface area contributed by atoms with Gasteiger partial charge in [0.2, 0.25) is 0 Å². The molecule has 0 fully saturated rings. The molecule has 154 valence electrons. The third kappa shape index (κ3) is 6.75. The van der Waals surface area contributed by atoms with Gasteiger partial charge in [-0.3, -0.25) is 0 Å². The normalized spacial score (nSPS) is 12.8. The summed E-state index contributed by atoms with van der Waals surface area (Å²) < 4.78 is 5.39. The molecule has 1 unspecified atom stereocenters. The summed E-state index contributed by atoms with van der Waals surface area (Å²) in [6.45, 7) is 5.67. The van der Waals surface area contributed by atoms with Crippen LogP contribution in [0, 0.1) is 16.7 Å². The van der Waals surface area contributed by atoms with Gasteiger partial charge in [-0.2, -0.15) is 5.26 Å². The van der Waals surface area contributed by atoms with Crippen LogP contribution in [0.5, 0.6) is 5.75 Å². The van der Waals surface area contributed by atoms with Crippen molar-refractivity contribution in [2.24, 2.45) is 5.41 Å². The van der Waals surface area contributed by atoms with Gasteiger partial charge in [-0.15, -0.1) is 0 Å². The molecule has 0 amide bonds. The van der Waals surface area contributed by atoms with Crippen molar-refractivity contribution in [2.45, 2.75) is 72.1 Å². The molecule has 0 bridgehead atoms. The zero-order valence-electron chi connectivity index (χ0n) is 18.0. The van der Waals surface area contributed by atoms with Crippen molar-refractivity contribution in [2.75, 3.05) is 0 Å². The lowest BCUT2D eigenvalue weighted by molar-refractivity contribution is -0.141. The number of aryl methyl sites for hydroxylation is 1. The summed E-state index contributed by atoms with van der Waals surface area (Å²) >= 11 is 0. The third-order valence-corrected chi connectivity index (χ3v) is 5.58. The zero-order chi connectivity index (χ0) is 21.1. The number of nitriles is 1. The van der Waals surface area contributed by atoms with E-state index in [1.807, 2.05) is 25.1 Å². The van der Waals surface area contributed by atoms with Gasteiger partial charge in [0.05, 0.1) is 6.07 Å². The van der Waals surface area contributed by atoms with E-state index < -0.39 is 11.4 Å². The number of carbonyl (C=O) groups is 1. The van der Waals surface area contributed by atoms with Gasteiger partial charge in [0.15, 0.2) is 5.41 Å². The van der Waals surface area contributed by atoms with E-state index in [1.54, 1.807) is 19.1 Å². The van der Waals surface area contributed by atoms with Gasteiger partial charge in [-0.1, -0.05) is 82.3 Å². The van der Waals surface area contributed by atoms with Crippen LogP contribution in [0.4, 0.5) is 0 Å². The minimum Gasteiger partial charge on any atom is -0.425 e. The molecular formula is C26H33NO2. The highest BCUT2D eigenvalue weighted by Gasteiger charge is 2.33. The maximum absolute atomic E-state index is 12.2. The smallest absolute Gasteiger partial charge is 0.331 e. The van der Waals surface area contributed by atoms with Crippen molar-refractivity contribution in [1.29, 1.82) is 5.26 Å². The lowest BCUT2D eigenvalue weighted by atomic mass is 9.90. The molecule has 0 aliphatic heterocycles. The lowest BCUT2D eigenvalue weighted by Gasteiger charge is -2.17. The zero-order valence-corrected chi connectivity index (χ0v) is 18.0. The van der Waals surface area contributed by atoms with E-state index in [2.05, 4.69) is 31.2 Å². The second kappa shape index (κ2) is 11.4.